The number of piperidine rings is 1. The van der Waals surface area contributed by atoms with Gasteiger partial charge in [0, 0.05) is 17.5 Å². The molecule has 2 heterocycles. The molecule has 1 N–H and O–H groups in total. The smallest absolute Gasteiger partial charge is 0.238 e. The Morgan fingerprint density at radius 1 is 1.11 bits per heavy atom. The summed E-state index contributed by atoms with van der Waals surface area (Å²) < 4.78 is 5.42. The summed E-state index contributed by atoms with van der Waals surface area (Å²) >= 11 is 1.80. The maximum Gasteiger partial charge on any atom is 0.238 e. The van der Waals surface area contributed by atoms with Crippen molar-refractivity contribution in [1.29, 1.82) is 0 Å². The lowest BCUT2D eigenvalue weighted by Gasteiger charge is -2.30. The molecule has 27 heavy (non-hydrogen) atoms. The van der Waals surface area contributed by atoms with Crippen molar-refractivity contribution in [3.63, 3.8) is 0 Å². The van der Waals surface area contributed by atoms with Gasteiger partial charge in [-0.15, -0.1) is 21.5 Å². The number of aromatic nitrogens is 2. The first-order chi connectivity index (χ1) is 13.2. The van der Waals surface area contributed by atoms with Crippen molar-refractivity contribution in [2.24, 2.45) is 0 Å². The molecule has 1 amide bonds. The first-order valence-electron chi connectivity index (χ1n) is 9.79. The molecule has 0 radical (unpaired) electrons. The molecule has 1 aliphatic carbocycles. The van der Waals surface area contributed by atoms with Gasteiger partial charge in [-0.2, -0.15) is 0 Å². The van der Waals surface area contributed by atoms with Gasteiger partial charge in [0.15, 0.2) is 0 Å². The molecular weight excluding hydrogens is 360 g/mol. The predicted octanol–water partition coefficient (Wildman–Crippen LogP) is 3.63. The highest BCUT2D eigenvalue weighted by atomic mass is 32.1. The largest absolute Gasteiger partial charge is 0.494 e. The summed E-state index contributed by atoms with van der Waals surface area (Å²) in [7, 11) is 0. The van der Waals surface area contributed by atoms with Gasteiger partial charge in [-0.3, -0.25) is 9.69 Å². The molecule has 2 fully saturated rings. The molecule has 1 aromatic carbocycles. The van der Waals surface area contributed by atoms with Crippen LogP contribution >= 0.6 is 11.3 Å². The number of hydrogen-bond acceptors (Lipinski definition) is 6. The quantitative estimate of drug-likeness (QED) is 0.787. The van der Waals surface area contributed by atoms with Gasteiger partial charge in [0.1, 0.15) is 15.8 Å². The lowest BCUT2D eigenvalue weighted by molar-refractivity contribution is -0.117. The number of ether oxygens (including phenoxy) is 1. The Labute approximate surface area is 163 Å². The van der Waals surface area contributed by atoms with E-state index in [-0.39, 0.29) is 5.91 Å². The number of anilines is 1. The van der Waals surface area contributed by atoms with Crippen molar-refractivity contribution in [2.45, 2.75) is 44.4 Å². The number of nitrogens with zero attached hydrogens (tertiary/aromatic N) is 3. The van der Waals surface area contributed by atoms with E-state index in [1.807, 2.05) is 31.2 Å². The molecule has 144 valence electrons. The van der Waals surface area contributed by atoms with E-state index in [2.05, 4.69) is 20.4 Å². The minimum atomic E-state index is 0.0320. The second kappa shape index (κ2) is 8.35. The molecule has 0 unspecified atom stereocenters. The monoisotopic (exact) mass is 386 g/mol. The van der Waals surface area contributed by atoms with Crippen molar-refractivity contribution in [2.75, 3.05) is 31.6 Å². The number of hydrogen-bond donors (Lipinski definition) is 1. The Morgan fingerprint density at radius 3 is 2.33 bits per heavy atom. The zero-order chi connectivity index (χ0) is 18.6. The van der Waals surface area contributed by atoms with Crippen LogP contribution in [0.15, 0.2) is 24.3 Å². The van der Waals surface area contributed by atoms with Gasteiger partial charge in [-0.25, -0.2) is 0 Å². The average Bonchev–Trinajstić information content (AvgIpc) is 3.41. The molecule has 2 aromatic rings. The fourth-order valence-corrected chi connectivity index (χ4v) is 4.63. The molecule has 0 bridgehead atoms. The van der Waals surface area contributed by atoms with Crippen LogP contribution in [0.1, 0.15) is 54.5 Å². The second-order valence-corrected chi connectivity index (χ2v) is 8.35. The first-order valence-corrected chi connectivity index (χ1v) is 10.6. The van der Waals surface area contributed by atoms with E-state index >= 15 is 0 Å². The Bertz CT molecular complexity index is 765. The zero-order valence-corrected chi connectivity index (χ0v) is 16.5. The molecule has 1 aromatic heterocycles. The molecule has 4 rings (SSSR count). The van der Waals surface area contributed by atoms with Crippen LogP contribution in [0.5, 0.6) is 5.75 Å². The third kappa shape index (κ3) is 4.84. The van der Waals surface area contributed by atoms with Crippen molar-refractivity contribution < 1.29 is 9.53 Å². The third-order valence-electron chi connectivity index (χ3n) is 5.14. The summed E-state index contributed by atoms with van der Waals surface area (Å²) in [5.74, 6) is 2.03. The SMILES string of the molecule is CCOc1ccc(NC(=O)CN2CCC(c3nnc(C4CC4)s3)CC2)cc1. The fourth-order valence-electron chi connectivity index (χ4n) is 3.45. The molecule has 1 saturated carbocycles. The molecule has 6 nitrogen and oxygen atoms in total. The molecule has 0 spiro atoms. The lowest BCUT2D eigenvalue weighted by Crippen LogP contribution is -2.38. The number of likely N-dealkylation sites (tertiary alicyclic amines) is 1. The van der Waals surface area contributed by atoms with E-state index in [1.54, 1.807) is 11.3 Å². The van der Waals surface area contributed by atoms with Crippen LogP contribution in [0, 0.1) is 0 Å². The van der Waals surface area contributed by atoms with Gasteiger partial charge in [-0.05, 0) is 70.0 Å². The predicted molar refractivity (Wildman–Crippen MR) is 107 cm³/mol. The number of rotatable bonds is 7. The highest BCUT2D eigenvalue weighted by Gasteiger charge is 2.30. The fraction of sp³-hybridized carbons (Fsp3) is 0.550. The summed E-state index contributed by atoms with van der Waals surface area (Å²) in [5, 5.41) is 14.2. The number of nitrogens with one attached hydrogen (secondary N) is 1. The van der Waals surface area contributed by atoms with Crippen molar-refractivity contribution >= 4 is 22.9 Å². The topological polar surface area (TPSA) is 67.3 Å². The molecule has 1 saturated heterocycles. The van der Waals surface area contributed by atoms with Crippen LogP contribution in [-0.2, 0) is 4.79 Å². The van der Waals surface area contributed by atoms with Crippen LogP contribution in [-0.4, -0.2) is 47.2 Å². The first kappa shape index (κ1) is 18.4. The Kier molecular flexibility index (Phi) is 5.69. The second-order valence-electron chi connectivity index (χ2n) is 7.31. The summed E-state index contributed by atoms with van der Waals surface area (Å²) in [6.07, 6.45) is 4.65. The van der Waals surface area contributed by atoms with Crippen molar-refractivity contribution in [1.82, 2.24) is 15.1 Å². The highest BCUT2D eigenvalue weighted by molar-refractivity contribution is 7.11. The van der Waals surface area contributed by atoms with Crippen molar-refractivity contribution in [3.05, 3.63) is 34.3 Å². The van der Waals surface area contributed by atoms with Gasteiger partial charge >= 0.3 is 0 Å². The molecule has 0 atom stereocenters. The third-order valence-corrected chi connectivity index (χ3v) is 6.38. The van der Waals surface area contributed by atoms with Crippen LogP contribution in [0.3, 0.4) is 0 Å². The molecule has 1 aliphatic heterocycles. The normalized spacial score (nSPS) is 18.4. The summed E-state index contributed by atoms with van der Waals surface area (Å²) in [5.41, 5.74) is 0.805. The maximum absolute atomic E-state index is 12.3. The van der Waals surface area contributed by atoms with Crippen LogP contribution in [0.4, 0.5) is 5.69 Å². The van der Waals surface area contributed by atoms with E-state index in [1.165, 1.54) is 22.9 Å². The van der Waals surface area contributed by atoms with Gasteiger partial charge < -0.3 is 10.1 Å². The average molecular weight is 387 g/mol. The Morgan fingerprint density at radius 2 is 1.74 bits per heavy atom. The number of benzene rings is 1. The Hall–Kier alpha value is -1.99. The zero-order valence-electron chi connectivity index (χ0n) is 15.7. The summed E-state index contributed by atoms with van der Waals surface area (Å²) in [6.45, 7) is 4.89. The van der Waals surface area contributed by atoms with Crippen LogP contribution in [0.2, 0.25) is 0 Å². The Balaban J connectivity index is 1.22. The minimum Gasteiger partial charge on any atom is -0.494 e. The van der Waals surface area contributed by atoms with Crippen LogP contribution in [0.25, 0.3) is 0 Å². The van der Waals surface area contributed by atoms with E-state index in [0.717, 1.165) is 37.4 Å². The van der Waals surface area contributed by atoms with Crippen LogP contribution < -0.4 is 10.1 Å². The molecule has 2 aliphatic rings. The van der Waals surface area contributed by atoms with E-state index in [0.29, 0.717) is 25.0 Å². The number of carbonyl (C=O) groups excluding carboxylic acids is 1. The maximum atomic E-state index is 12.3. The van der Waals surface area contributed by atoms with Gasteiger partial charge in [0.05, 0.1) is 13.2 Å². The number of carbonyl (C=O) groups is 1. The molecule has 7 heteroatoms. The summed E-state index contributed by atoms with van der Waals surface area (Å²) in [4.78, 5) is 14.5. The molecular formula is C20H26N4O2S. The standard InChI is InChI=1S/C20H26N4O2S/c1-2-26-17-7-5-16(6-8-17)21-18(25)13-24-11-9-15(10-12-24)20-23-22-19(27-20)14-3-4-14/h5-8,14-15H,2-4,9-13H2,1H3,(H,21,25). The minimum absolute atomic E-state index is 0.0320. The van der Waals surface area contributed by atoms with Gasteiger partial charge in [-0.1, -0.05) is 0 Å². The van der Waals surface area contributed by atoms with Gasteiger partial charge in [0.2, 0.25) is 5.91 Å². The highest BCUT2D eigenvalue weighted by Crippen LogP contribution is 2.43. The number of amides is 1. The van der Waals surface area contributed by atoms with E-state index in [9.17, 15) is 4.79 Å². The van der Waals surface area contributed by atoms with E-state index in [4.69, 9.17) is 4.74 Å². The lowest BCUT2D eigenvalue weighted by atomic mass is 9.98. The van der Waals surface area contributed by atoms with E-state index < -0.39 is 0 Å². The van der Waals surface area contributed by atoms with Gasteiger partial charge in [0.25, 0.3) is 0 Å². The summed E-state index contributed by atoms with van der Waals surface area (Å²) in [6, 6.07) is 7.51. The van der Waals surface area contributed by atoms with Crippen molar-refractivity contribution in [3.8, 4) is 5.75 Å².